The van der Waals surface area contributed by atoms with Crippen molar-refractivity contribution in [1.29, 1.82) is 0 Å². The molecular weight excluding hydrogens is 260 g/mol. The normalized spacial score (nSPS) is 27.8. The quantitative estimate of drug-likeness (QED) is 0.830. The molecule has 0 heterocycles. The summed E-state index contributed by atoms with van der Waals surface area (Å²) >= 11 is 0. The highest BCUT2D eigenvalue weighted by Gasteiger charge is 2.31. The van der Waals surface area contributed by atoms with E-state index in [2.05, 4.69) is 20.8 Å². The Kier molecular flexibility index (Phi) is 6.25. The van der Waals surface area contributed by atoms with E-state index in [0.717, 1.165) is 11.5 Å². The van der Waals surface area contributed by atoms with E-state index in [0.29, 0.717) is 31.0 Å². The van der Waals surface area contributed by atoms with Gasteiger partial charge in [-0.1, -0.05) is 57.5 Å². The van der Waals surface area contributed by atoms with Gasteiger partial charge in [0.15, 0.2) is 0 Å². The average Bonchev–Trinajstić information content (AvgIpc) is 2.48. The van der Waals surface area contributed by atoms with Gasteiger partial charge in [0, 0.05) is 13.0 Å². The van der Waals surface area contributed by atoms with Crippen LogP contribution in [0.3, 0.4) is 0 Å². The Balaban J connectivity index is 1.81. The van der Waals surface area contributed by atoms with E-state index in [4.69, 9.17) is 4.74 Å². The van der Waals surface area contributed by atoms with Gasteiger partial charge in [0.05, 0.1) is 12.2 Å². The minimum absolute atomic E-state index is 0.372. The fourth-order valence-electron chi connectivity index (χ4n) is 3.48. The van der Waals surface area contributed by atoms with Crippen LogP contribution in [0.1, 0.15) is 58.1 Å². The topological polar surface area (TPSA) is 29.5 Å². The zero-order valence-corrected chi connectivity index (χ0v) is 13.7. The third kappa shape index (κ3) is 4.82. The van der Waals surface area contributed by atoms with Crippen molar-refractivity contribution in [3.8, 4) is 0 Å². The van der Waals surface area contributed by atoms with Crippen LogP contribution in [0.2, 0.25) is 0 Å². The zero-order valence-electron chi connectivity index (χ0n) is 13.7. The summed E-state index contributed by atoms with van der Waals surface area (Å²) in [7, 11) is 0. The molecule has 21 heavy (non-hydrogen) atoms. The summed E-state index contributed by atoms with van der Waals surface area (Å²) in [5, 5.41) is 10.2. The molecule has 1 aliphatic carbocycles. The van der Waals surface area contributed by atoms with Crippen molar-refractivity contribution >= 4 is 0 Å². The minimum Gasteiger partial charge on any atom is -0.388 e. The summed E-state index contributed by atoms with van der Waals surface area (Å²) in [4.78, 5) is 0. The standard InChI is InChI=1S/C19H30O2/c1-14(2)17-10-9-15(3)13-19(17)21-12-11-18(20)16-7-5-4-6-8-16/h4-8,14-15,17-20H,9-13H2,1-3H3. The second kappa shape index (κ2) is 7.95. The molecule has 118 valence electrons. The van der Waals surface area contributed by atoms with Gasteiger partial charge in [-0.05, 0) is 36.2 Å². The predicted octanol–water partition coefficient (Wildman–Crippen LogP) is 4.59. The van der Waals surface area contributed by atoms with Crippen molar-refractivity contribution in [3.63, 3.8) is 0 Å². The summed E-state index contributed by atoms with van der Waals surface area (Å²) in [6, 6.07) is 9.87. The lowest BCUT2D eigenvalue weighted by Crippen LogP contribution is -2.34. The molecule has 1 aromatic rings. The van der Waals surface area contributed by atoms with Crippen LogP contribution >= 0.6 is 0 Å². The van der Waals surface area contributed by atoms with Crippen LogP contribution in [-0.2, 0) is 4.74 Å². The first-order valence-electron chi connectivity index (χ1n) is 8.42. The Morgan fingerprint density at radius 2 is 1.90 bits per heavy atom. The van der Waals surface area contributed by atoms with Gasteiger partial charge in [0.1, 0.15) is 0 Å². The van der Waals surface area contributed by atoms with Crippen LogP contribution in [0.25, 0.3) is 0 Å². The number of rotatable bonds is 6. The molecule has 1 aromatic carbocycles. The van der Waals surface area contributed by atoms with Crippen LogP contribution < -0.4 is 0 Å². The van der Waals surface area contributed by atoms with E-state index in [1.54, 1.807) is 0 Å². The Morgan fingerprint density at radius 1 is 1.19 bits per heavy atom. The van der Waals surface area contributed by atoms with Crippen LogP contribution in [0.15, 0.2) is 30.3 Å². The largest absolute Gasteiger partial charge is 0.388 e. The smallest absolute Gasteiger partial charge is 0.0812 e. The molecule has 1 N–H and O–H groups in total. The van der Waals surface area contributed by atoms with Gasteiger partial charge in [0.2, 0.25) is 0 Å². The molecule has 4 atom stereocenters. The number of benzene rings is 1. The Labute approximate surface area is 129 Å². The average molecular weight is 290 g/mol. The SMILES string of the molecule is CC1CCC(C(C)C)C(OCCC(O)c2ccccc2)C1. The Hall–Kier alpha value is -0.860. The molecule has 0 aliphatic heterocycles. The van der Waals surface area contributed by atoms with E-state index < -0.39 is 6.10 Å². The highest BCUT2D eigenvalue weighted by atomic mass is 16.5. The van der Waals surface area contributed by atoms with Gasteiger partial charge in [-0.15, -0.1) is 0 Å². The highest BCUT2D eigenvalue weighted by molar-refractivity contribution is 5.17. The number of ether oxygens (including phenoxy) is 1. The van der Waals surface area contributed by atoms with Crippen LogP contribution in [0.4, 0.5) is 0 Å². The molecule has 0 amide bonds. The predicted molar refractivity (Wildman–Crippen MR) is 87.1 cm³/mol. The van der Waals surface area contributed by atoms with E-state index >= 15 is 0 Å². The minimum atomic E-state index is -0.412. The molecule has 1 aliphatic rings. The van der Waals surface area contributed by atoms with E-state index in [1.807, 2.05) is 30.3 Å². The van der Waals surface area contributed by atoms with Crippen LogP contribution in [-0.4, -0.2) is 17.8 Å². The van der Waals surface area contributed by atoms with Crippen molar-refractivity contribution in [3.05, 3.63) is 35.9 Å². The Bertz CT molecular complexity index is 401. The first kappa shape index (κ1) is 16.5. The lowest BCUT2D eigenvalue weighted by molar-refractivity contribution is -0.0476. The summed E-state index contributed by atoms with van der Waals surface area (Å²) in [5.41, 5.74) is 0.985. The molecule has 0 aromatic heterocycles. The maximum Gasteiger partial charge on any atom is 0.0812 e. The molecule has 2 nitrogen and oxygen atoms in total. The molecule has 0 bridgehead atoms. The highest BCUT2D eigenvalue weighted by Crippen LogP contribution is 2.35. The maximum absolute atomic E-state index is 10.2. The number of hydrogen-bond acceptors (Lipinski definition) is 2. The first-order chi connectivity index (χ1) is 10.1. The van der Waals surface area contributed by atoms with Gasteiger partial charge < -0.3 is 9.84 Å². The second-order valence-electron chi connectivity index (χ2n) is 6.95. The number of aliphatic hydroxyl groups is 1. The van der Waals surface area contributed by atoms with Crippen LogP contribution in [0.5, 0.6) is 0 Å². The lowest BCUT2D eigenvalue weighted by atomic mass is 9.75. The van der Waals surface area contributed by atoms with Crippen LogP contribution in [0, 0.1) is 17.8 Å². The molecule has 2 heteroatoms. The molecule has 2 rings (SSSR count). The van der Waals surface area contributed by atoms with Crippen molar-refractivity contribution in [1.82, 2.24) is 0 Å². The summed E-state index contributed by atoms with van der Waals surface area (Å²) in [5.74, 6) is 2.13. The van der Waals surface area contributed by atoms with Crippen molar-refractivity contribution < 1.29 is 9.84 Å². The van der Waals surface area contributed by atoms with E-state index in [-0.39, 0.29) is 0 Å². The third-order valence-corrected chi connectivity index (χ3v) is 4.87. The summed E-state index contributed by atoms with van der Waals surface area (Å²) in [6.07, 6.45) is 4.42. The van der Waals surface area contributed by atoms with Gasteiger partial charge in [-0.2, -0.15) is 0 Å². The molecule has 0 radical (unpaired) electrons. The van der Waals surface area contributed by atoms with Gasteiger partial charge in [0.25, 0.3) is 0 Å². The fraction of sp³-hybridized carbons (Fsp3) is 0.684. The van der Waals surface area contributed by atoms with Gasteiger partial charge in [-0.3, -0.25) is 0 Å². The molecule has 0 saturated heterocycles. The van der Waals surface area contributed by atoms with Crippen molar-refractivity contribution in [2.24, 2.45) is 17.8 Å². The zero-order chi connectivity index (χ0) is 15.2. The number of aliphatic hydroxyl groups excluding tert-OH is 1. The van der Waals surface area contributed by atoms with Gasteiger partial charge >= 0.3 is 0 Å². The second-order valence-corrected chi connectivity index (χ2v) is 6.95. The maximum atomic E-state index is 10.2. The third-order valence-electron chi connectivity index (χ3n) is 4.87. The summed E-state index contributed by atoms with van der Waals surface area (Å²) in [6.45, 7) is 7.58. The van der Waals surface area contributed by atoms with E-state index in [9.17, 15) is 5.11 Å². The molecule has 1 fully saturated rings. The molecule has 0 spiro atoms. The van der Waals surface area contributed by atoms with Crippen molar-refractivity contribution in [2.45, 2.75) is 58.7 Å². The molecule has 4 unspecified atom stereocenters. The molecule has 1 saturated carbocycles. The number of hydrogen-bond donors (Lipinski definition) is 1. The summed E-state index contributed by atoms with van der Waals surface area (Å²) < 4.78 is 6.16. The first-order valence-corrected chi connectivity index (χ1v) is 8.42. The van der Waals surface area contributed by atoms with E-state index in [1.165, 1.54) is 19.3 Å². The molecular formula is C19H30O2. The lowest BCUT2D eigenvalue weighted by Gasteiger charge is -2.37. The fourth-order valence-corrected chi connectivity index (χ4v) is 3.48. The Morgan fingerprint density at radius 3 is 2.57 bits per heavy atom. The van der Waals surface area contributed by atoms with Gasteiger partial charge in [-0.25, -0.2) is 0 Å². The monoisotopic (exact) mass is 290 g/mol. The van der Waals surface area contributed by atoms with Crippen molar-refractivity contribution in [2.75, 3.05) is 6.61 Å².